The molecule has 0 radical (unpaired) electrons. The predicted octanol–water partition coefficient (Wildman–Crippen LogP) is 5.46. The number of hydrogen-bond acceptors (Lipinski definition) is 4. The van der Waals surface area contributed by atoms with Gasteiger partial charge in [-0.05, 0) is 67.3 Å². The van der Waals surface area contributed by atoms with Crippen molar-refractivity contribution in [2.24, 2.45) is 17.3 Å². The van der Waals surface area contributed by atoms with Gasteiger partial charge in [0.05, 0.1) is 10.7 Å². The molecule has 6 heteroatoms. The fourth-order valence-electron chi connectivity index (χ4n) is 4.50. The van der Waals surface area contributed by atoms with Crippen molar-refractivity contribution >= 4 is 11.6 Å². The lowest BCUT2D eigenvalue weighted by Crippen LogP contribution is -2.28. The van der Waals surface area contributed by atoms with Gasteiger partial charge in [-0.2, -0.15) is 0 Å². The lowest BCUT2D eigenvalue weighted by atomic mass is 9.92. The van der Waals surface area contributed by atoms with E-state index in [-0.39, 0.29) is 11.9 Å². The van der Waals surface area contributed by atoms with E-state index in [1.807, 2.05) is 0 Å². The van der Waals surface area contributed by atoms with E-state index in [1.165, 1.54) is 44.3 Å². The van der Waals surface area contributed by atoms with Crippen LogP contribution >= 0.6 is 11.6 Å². The lowest BCUT2D eigenvalue weighted by molar-refractivity contribution is 0.173. The van der Waals surface area contributed by atoms with Crippen LogP contribution in [0.5, 0.6) is 5.88 Å². The third kappa shape index (κ3) is 5.07. The minimum atomic E-state index is -0.347. The summed E-state index contributed by atoms with van der Waals surface area (Å²) in [5.41, 5.74) is 1.47. The lowest BCUT2D eigenvalue weighted by Gasteiger charge is -2.24. The van der Waals surface area contributed by atoms with Gasteiger partial charge >= 0.3 is 0 Å². The van der Waals surface area contributed by atoms with E-state index in [0.29, 0.717) is 27.6 Å². The summed E-state index contributed by atoms with van der Waals surface area (Å²) in [7, 11) is 0. The Morgan fingerprint density at radius 2 is 1.83 bits per heavy atom. The van der Waals surface area contributed by atoms with Crippen LogP contribution in [-0.4, -0.2) is 40.8 Å². The summed E-state index contributed by atoms with van der Waals surface area (Å²) in [5.74, 6) is 1.62. The van der Waals surface area contributed by atoms with Gasteiger partial charge in [0.25, 0.3) is 0 Å². The Bertz CT molecular complexity index is 838. The van der Waals surface area contributed by atoms with Crippen molar-refractivity contribution in [1.29, 1.82) is 0 Å². The minimum absolute atomic E-state index is 0.202. The summed E-state index contributed by atoms with van der Waals surface area (Å²) in [4.78, 5) is 2.62. The summed E-state index contributed by atoms with van der Waals surface area (Å²) < 4.78 is 19.6. The molecule has 1 aromatic carbocycles. The van der Waals surface area contributed by atoms with Gasteiger partial charge in [0, 0.05) is 24.7 Å². The highest BCUT2D eigenvalue weighted by molar-refractivity contribution is 6.33. The number of benzene rings is 1. The topological polar surface area (TPSA) is 38.2 Å². The molecule has 0 bridgehead atoms. The number of ether oxygens (including phenoxy) is 1. The average molecular weight is 418 g/mol. The molecule has 4 rings (SSSR count). The molecule has 2 heterocycles. The van der Waals surface area contributed by atoms with Crippen LogP contribution in [0.3, 0.4) is 0 Å². The smallest absolute Gasteiger partial charge is 0.233 e. The van der Waals surface area contributed by atoms with Crippen LogP contribution in [0.2, 0.25) is 5.02 Å². The van der Waals surface area contributed by atoms with E-state index in [0.717, 1.165) is 24.7 Å². The first-order chi connectivity index (χ1) is 13.8. The molecule has 0 N–H and O–H groups in total. The zero-order valence-electron chi connectivity index (χ0n) is 17.4. The van der Waals surface area contributed by atoms with Crippen molar-refractivity contribution < 1.29 is 9.13 Å². The molecule has 1 saturated heterocycles. The molecule has 2 fully saturated rings. The molecular formula is C23H29ClFN3O. The van der Waals surface area contributed by atoms with Gasteiger partial charge in [-0.1, -0.05) is 32.4 Å². The number of nitrogens with zero attached hydrogens (tertiary/aromatic N) is 3. The van der Waals surface area contributed by atoms with E-state index >= 15 is 0 Å². The van der Waals surface area contributed by atoms with E-state index in [9.17, 15) is 4.39 Å². The summed E-state index contributed by atoms with van der Waals surface area (Å²) >= 11 is 6.15. The van der Waals surface area contributed by atoms with Gasteiger partial charge in [-0.25, -0.2) is 4.39 Å². The van der Waals surface area contributed by atoms with E-state index in [2.05, 4.69) is 35.9 Å². The summed E-state index contributed by atoms with van der Waals surface area (Å²) in [6.07, 6.45) is 3.60. The Hall–Kier alpha value is -1.72. The Morgan fingerprint density at radius 1 is 1.10 bits per heavy atom. The second-order valence-electron chi connectivity index (χ2n) is 9.68. The number of likely N-dealkylation sites (tertiary alicyclic amines) is 1. The monoisotopic (exact) mass is 417 g/mol. The van der Waals surface area contributed by atoms with Crippen LogP contribution in [0.25, 0.3) is 11.3 Å². The maximum Gasteiger partial charge on any atom is 0.233 e. The summed E-state index contributed by atoms with van der Waals surface area (Å²) in [5, 5.41) is 8.83. The fraction of sp³-hybridized carbons (Fsp3) is 0.565. The Morgan fingerprint density at radius 3 is 2.45 bits per heavy atom. The van der Waals surface area contributed by atoms with Gasteiger partial charge < -0.3 is 9.64 Å². The van der Waals surface area contributed by atoms with Crippen molar-refractivity contribution in [3.8, 4) is 17.1 Å². The molecule has 1 aliphatic carbocycles. The average Bonchev–Trinajstić information content (AvgIpc) is 3.20. The second kappa shape index (κ2) is 8.19. The van der Waals surface area contributed by atoms with E-state index < -0.39 is 0 Å². The zero-order valence-corrected chi connectivity index (χ0v) is 18.1. The number of aromatic nitrogens is 2. The normalized spacial score (nSPS) is 24.7. The van der Waals surface area contributed by atoms with Crippen LogP contribution in [-0.2, 0) is 0 Å². The van der Waals surface area contributed by atoms with Gasteiger partial charge in [0.2, 0.25) is 5.88 Å². The molecule has 1 saturated carbocycles. The molecule has 0 unspecified atom stereocenters. The molecule has 4 nitrogen and oxygen atoms in total. The van der Waals surface area contributed by atoms with E-state index in [1.54, 1.807) is 12.1 Å². The third-order valence-electron chi connectivity index (χ3n) is 6.09. The highest BCUT2D eigenvalue weighted by atomic mass is 35.5. The molecule has 1 aromatic heterocycles. The highest BCUT2D eigenvalue weighted by Gasteiger charge is 2.41. The van der Waals surface area contributed by atoms with Crippen LogP contribution in [0.15, 0.2) is 30.3 Å². The maximum absolute atomic E-state index is 13.5. The van der Waals surface area contributed by atoms with Gasteiger partial charge in [0.1, 0.15) is 11.9 Å². The minimum Gasteiger partial charge on any atom is -0.473 e. The first kappa shape index (κ1) is 20.5. The maximum atomic E-state index is 13.5. The van der Waals surface area contributed by atoms with Crippen molar-refractivity contribution in [2.45, 2.75) is 46.1 Å². The first-order valence-electron chi connectivity index (χ1n) is 10.4. The van der Waals surface area contributed by atoms with Crippen molar-refractivity contribution in [2.75, 3.05) is 19.6 Å². The largest absolute Gasteiger partial charge is 0.473 e. The third-order valence-corrected chi connectivity index (χ3v) is 6.42. The molecule has 29 heavy (non-hydrogen) atoms. The standard InChI is InChI=1S/C23H29ClFN3O/c1-23(2,3)8-9-28-13-15-10-18(11-16(15)14-28)29-22-7-6-21(26-27-22)19-12-17(25)4-5-20(19)24/h4-7,12,15-16,18H,8-11,13-14H2,1-3H3/t15-,16+,18-. The Labute approximate surface area is 177 Å². The summed E-state index contributed by atoms with van der Waals surface area (Å²) in [6, 6.07) is 7.81. The molecule has 1 aliphatic heterocycles. The Balaban J connectivity index is 1.31. The van der Waals surface area contributed by atoms with Gasteiger partial charge in [-0.3, -0.25) is 0 Å². The predicted molar refractivity (Wildman–Crippen MR) is 114 cm³/mol. The van der Waals surface area contributed by atoms with Crippen LogP contribution in [0.1, 0.15) is 40.0 Å². The van der Waals surface area contributed by atoms with E-state index in [4.69, 9.17) is 16.3 Å². The molecule has 0 spiro atoms. The van der Waals surface area contributed by atoms with Gasteiger partial charge in [0.15, 0.2) is 0 Å². The first-order valence-corrected chi connectivity index (χ1v) is 10.8. The van der Waals surface area contributed by atoms with Crippen LogP contribution in [0.4, 0.5) is 4.39 Å². The highest BCUT2D eigenvalue weighted by Crippen LogP contribution is 2.40. The second-order valence-corrected chi connectivity index (χ2v) is 10.1. The van der Waals surface area contributed by atoms with Crippen molar-refractivity contribution in [3.63, 3.8) is 0 Å². The summed E-state index contributed by atoms with van der Waals surface area (Å²) in [6.45, 7) is 10.5. The molecular weight excluding hydrogens is 389 g/mol. The zero-order chi connectivity index (χ0) is 20.6. The number of rotatable bonds is 5. The number of halogens is 2. The molecule has 0 amide bonds. The SMILES string of the molecule is CC(C)(C)CCN1C[C@H]2C[C@@H](Oc3ccc(-c4cc(F)ccc4Cl)nn3)C[C@H]2C1. The van der Waals surface area contributed by atoms with Crippen LogP contribution in [0, 0.1) is 23.1 Å². The fourth-order valence-corrected chi connectivity index (χ4v) is 4.72. The van der Waals surface area contributed by atoms with Gasteiger partial charge in [-0.15, -0.1) is 10.2 Å². The quantitative estimate of drug-likeness (QED) is 0.647. The Kier molecular flexibility index (Phi) is 5.80. The molecule has 2 aromatic rings. The number of fused-ring (bicyclic) bond motifs is 1. The molecule has 3 atom stereocenters. The van der Waals surface area contributed by atoms with Crippen molar-refractivity contribution in [3.05, 3.63) is 41.2 Å². The van der Waals surface area contributed by atoms with Crippen molar-refractivity contribution in [1.82, 2.24) is 15.1 Å². The molecule has 156 valence electrons. The van der Waals surface area contributed by atoms with Crippen LogP contribution < -0.4 is 4.74 Å². The number of hydrogen-bond donors (Lipinski definition) is 0. The molecule has 2 aliphatic rings.